The van der Waals surface area contributed by atoms with Crippen molar-refractivity contribution in [2.24, 2.45) is 0 Å². The summed E-state index contributed by atoms with van der Waals surface area (Å²) >= 11 is 0. The molecule has 1 saturated heterocycles. The molecule has 2 aromatic rings. The highest BCUT2D eigenvalue weighted by molar-refractivity contribution is 6.11. The molecule has 1 atom stereocenters. The number of carbonyl (C=O) groups excluding carboxylic acids is 1. The quantitative estimate of drug-likeness (QED) is 0.608. The van der Waals surface area contributed by atoms with Gasteiger partial charge in [-0.1, -0.05) is 45.0 Å². The summed E-state index contributed by atoms with van der Waals surface area (Å²) in [6.07, 6.45) is 0.219. The fraction of sp³-hybridized carbons (Fsp3) is 0.381. The number of carbonyl (C=O) groups is 1. The van der Waals surface area contributed by atoms with Crippen molar-refractivity contribution in [1.82, 2.24) is 0 Å². The van der Waals surface area contributed by atoms with Crippen LogP contribution in [0.4, 0.5) is 0 Å². The Kier molecular flexibility index (Phi) is 4.46. The van der Waals surface area contributed by atoms with E-state index in [1.807, 2.05) is 49.4 Å². The first kappa shape index (κ1) is 16.7. The van der Waals surface area contributed by atoms with E-state index in [1.54, 1.807) is 0 Å². The molecular formula is C21H24O3. The van der Waals surface area contributed by atoms with Crippen LogP contribution < -0.4 is 4.74 Å². The van der Waals surface area contributed by atoms with Crippen LogP contribution in [0.5, 0.6) is 5.75 Å². The molecule has 3 rings (SSSR count). The maximum absolute atomic E-state index is 13.1. The molecule has 0 amide bonds. The van der Waals surface area contributed by atoms with E-state index >= 15 is 0 Å². The zero-order valence-electron chi connectivity index (χ0n) is 14.8. The third-order valence-electron chi connectivity index (χ3n) is 4.27. The molecule has 3 heteroatoms. The lowest BCUT2D eigenvalue weighted by Crippen LogP contribution is -2.18. The van der Waals surface area contributed by atoms with E-state index in [0.717, 1.165) is 34.6 Å². The fourth-order valence-corrected chi connectivity index (χ4v) is 2.76. The van der Waals surface area contributed by atoms with E-state index in [0.29, 0.717) is 6.61 Å². The molecule has 126 valence electrons. The predicted molar refractivity (Wildman–Crippen MR) is 95.0 cm³/mol. The Morgan fingerprint density at radius 3 is 2.50 bits per heavy atom. The lowest BCUT2D eigenvalue weighted by molar-refractivity contribution is 0.103. The molecule has 0 aromatic heterocycles. The zero-order chi connectivity index (χ0) is 17.3. The van der Waals surface area contributed by atoms with Gasteiger partial charge in [0.15, 0.2) is 5.78 Å². The van der Waals surface area contributed by atoms with Crippen LogP contribution in [0.15, 0.2) is 42.5 Å². The summed E-state index contributed by atoms with van der Waals surface area (Å²) in [7, 11) is 0. The smallest absolute Gasteiger partial charge is 0.193 e. The van der Waals surface area contributed by atoms with Gasteiger partial charge >= 0.3 is 0 Å². The van der Waals surface area contributed by atoms with Crippen molar-refractivity contribution in [3.63, 3.8) is 0 Å². The Hall–Kier alpha value is -2.13. The van der Waals surface area contributed by atoms with E-state index < -0.39 is 0 Å². The molecule has 0 aliphatic carbocycles. The Labute approximate surface area is 143 Å². The minimum atomic E-state index is -0.150. The average molecular weight is 324 g/mol. The van der Waals surface area contributed by atoms with Crippen molar-refractivity contribution >= 4 is 5.78 Å². The van der Waals surface area contributed by atoms with Crippen LogP contribution in [0.1, 0.15) is 47.8 Å². The maximum Gasteiger partial charge on any atom is 0.193 e. The summed E-state index contributed by atoms with van der Waals surface area (Å²) in [6, 6.07) is 13.5. The third-order valence-corrected chi connectivity index (χ3v) is 4.27. The van der Waals surface area contributed by atoms with Gasteiger partial charge in [0.2, 0.25) is 0 Å². The van der Waals surface area contributed by atoms with Gasteiger partial charge in [0, 0.05) is 11.1 Å². The average Bonchev–Trinajstić information content (AvgIpc) is 3.36. The summed E-state index contributed by atoms with van der Waals surface area (Å²) in [5.41, 5.74) is 3.34. The first-order chi connectivity index (χ1) is 11.4. The second-order valence-electron chi connectivity index (χ2n) is 7.37. The van der Waals surface area contributed by atoms with Crippen LogP contribution in [0, 0.1) is 6.92 Å². The van der Waals surface area contributed by atoms with Crippen molar-refractivity contribution in [3.8, 4) is 5.75 Å². The first-order valence-corrected chi connectivity index (χ1v) is 8.35. The number of benzene rings is 2. The first-order valence-electron chi connectivity index (χ1n) is 8.35. The van der Waals surface area contributed by atoms with Gasteiger partial charge in [0.25, 0.3) is 0 Å². The topological polar surface area (TPSA) is 38.8 Å². The van der Waals surface area contributed by atoms with Crippen molar-refractivity contribution in [1.29, 1.82) is 0 Å². The molecule has 3 nitrogen and oxygen atoms in total. The Morgan fingerprint density at radius 1 is 1.17 bits per heavy atom. The third kappa shape index (κ3) is 3.68. The lowest BCUT2D eigenvalue weighted by Gasteiger charge is -2.23. The van der Waals surface area contributed by atoms with Crippen LogP contribution in [0.3, 0.4) is 0 Å². The van der Waals surface area contributed by atoms with Gasteiger partial charge in [-0.25, -0.2) is 0 Å². The van der Waals surface area contributed by atoms with Gasteiger partial charge in [-0.15, -0.1) is 0 Å². The minimum Gasteiger partial charge on any atom is -0.491 e. The molecule has 1 aliphatic heterocycles. The highest BCUT2D eigenvalue weighted by Crippen LogP contribution is 2.31. The lowest BCUT2D eigenvalue weighted by atomic mass is 9.81. The van der Waals surface area contributed by atoms with Gasteiger partial charge in [0.05, 0.1) is 6.61 Å². The number of ketones is 1. The second kappa shape index (κ2) is 6.40. The molecule has 0 spiro atoms. The van der Waals surface area contributed by atoms with Crippen LogP contribution in [0.25, 0.3) is 0 Å². The maximum atomic E-state index is 13.1. The summed E-state index contributed by atoms with van der Waals surface area (Å²) in [5.74, 6) is 0.854. The molecular weight excluding hydrogens is 300 g/mol. The number of ether oxygens (including phenoxy) is 2. The largest absolute Gasteiger partial charge is 0.491 e. The summed E-state index contributed by atoms with van der Waals surface area (Å²) in [4.78, 5) is 13.1. The summed E-state index contributed by atoms with van der Waals surface area (Å²) in [6.45, 7) is 9.65. The highest BCUT2D eigenvalue weighted by atomic mass is 16.6. The van der Waals surface area contributed by atoms with Crippen LogP contribution in [-0.4, -0.2) is 25.1 Å². The molecule has 1 aliphatic rings. The Balaban J connectivity index is 1.96. The fourth-order valence-electron chi connectivity index (χ4n) is 2.76. The van der Waals surface area contributed by atoms with E-state index in [2.05, 4.69) is 20.8 Å². The molecule has 2 aromatic carbocycles. The van der Waals surface area contributed by atoms with Crippen molar-refractivity contribution in [3.05, 3.63) is 64.7 Å². The summed E-state index contributed by atoms with van der Waals surface area (Å²) in [5, 5.41) is 0. The zero-order valence-corrected chi connectivity index (χ0v) is 14.8. The number of epoxide rings is 1. The van der Waals surface area contributed by atoms with Gasteiger partial charge in [-0.3, -0.25) is 4.79 Å². The second-order valence-corrected chi connectivity index (χ2v) is 7.37. The van der Waals surface area contributed by atoms with Crippen molar-refractivity contribution in [2.75, 3.05) is 13.2 Å². The molecule has 0 radical (unpaired) electrons. The van der Waals surface area contributed by atoms with Gasteiger partial charge in [0.1, 0.15) is 18.5 Å². The standard InChI is InChI=1S/C21H24O3/c1-14-7-5-6-8-17(14)20(22)18-10-9-15(23-12-16-13-24-16)11-19(18)21(2,3)4/h5-11,16H,12-13H2,1-4H3. The minimum absolute atomic E-state index is 0.0649. The molecule has 0 bridgehead atoms. The Bertz CT molecular complexity index is 752. The number of hydrogen-bond donors (Lipinski definition) is 0. The molecule has 1 unspecified atom stereocenters. The van der Waals surface area contributed by atoms with E-state index in [9.17, 15) is 4.79 Å². The predicted octanol–water partition coefficient (Wildman–Crippen LogP) is 4.30. The van der Waals surface area contributed by atoms with Gasteiger partial charge < -0.3 is 9.47 Å². The summed E-state index contributed by atoms with van der Waals surface area (Å²) < 4.78 is 11.0. The molecule has 1 fully saturated rings. The molecule has 1 heterocycles. The van der Waals surface area contributed by atoms with Gasteiger partial charge in [-0.2, -0.15) is 0 Å². The van der Waals surface area contributed by atoms with Crippen LogP contribution >= 0.6 is 0 Å². The van der Waals surface area contributed by atoms with Crippen molar-refractivity contribution in [2.45, 2.75) is 39.2 Å². The SMILES string of the molecule is Cc1ccccc1C(=O)c1ccc(OCC2CO2)cc1C(C)(C)C. The van der Waals surface area contributed by atoms with E-state index in [1.165, 1.54) is 0 Å². The Morgan fingerprint density at radius 2 is 1.88 bits per heavy atom. The monoisotopic (exact) mass is 324 g/mol. The number of aryl methyl sites for hydroxylation is 1. The molecule has 24 heavy (non-hydrogen) atoms. The van der Waals surface area contributed by atoms with Crippen LogP contribution in [-0.2, 0) is 10.2 Å². The molecule has 0 saturated carbocycles. The van der Waals surface area contributed by atoms with Crippen LogP contribution in [0.2, 0.25) is 0 Å². The highest BCUT2D eigenvalue weighted by Gasteiger charge is 2.26. The van der Waals surface area contributed by atoms with Gasteiger partial charge in [-0.05, 0) is 41.7 Å². The number of rotatable bonds is 5. The normalized spacial score (nSPS) is 16.8. The molecule has 0 N–H and O–H groups in total. The van der Waals surface area contributed by atoms with E-state index in [4.69, 9.17) is 9.47 Å². The van der Waals surface area contributed by atoms with Crippen molar-refractivity contribution < 1.29 is 14.3 Å². The number of hydrogen-bond acceptors (Lipinski definition) is 3. The van der Waals surface area contributed by atoms with E-state index in [-0.39, 0.29) is 17.3 Å².